The van der Waals surface area contributed by atoms with Gasteiger partial charge in [0.25, 0.3) is 5.91 Å². The molecule has 0 bridgehead atoms. The number of thiocarbonyl (C=S) groups is 1. The smallest absolute Gasteiger partial charge is 0.343 e. The number of carbonyl (C=O) groups is 3. The number of benzene rings is 2. The predicted molar refractivity (Wildman–Crippen MR) is 129 cm³/mol. The van der Waals surface area contributed by atoms with Crippen molar-refractivity contribution in [3.8, 4) is 11.5 Å². The maximum atomic E-state index is 13.4. The van der Waals surface area contributed by atoms with Crippen molar-refractivity contribution in [3.63, 3.8) is 0 Å². The Morgan fingerprint density at radius 2 is 1.68 bits per heavy atom. The van der Waals surface area contributed by atoms with Crippen LogP contribution in [0.2, 0.25) is 5.02 Å². The summed E-state index contributed by atoms with van der Waals surface area (Å²) in [6.07, 6.45) is 1.57. The highest BCUT2D eigenvalue weighted by Gasteiger charge is 2.40. The number of carbonyl (C=O) groups excluding carboxylic acids is 3. The van der Waals surface area contributed by atoms with Crippen LogP contribution in [-0.4, -0.2) is 62.3 Å². The van der Waals surface area contributed by atoms with Crippen LogP contribution in [0.4, 0.5) is 5.69 Å². The number of esters is 2. The first-order valence-electron chi connectivity index (χ1n) is 9.86. The Hall–Kier alpha value is -3.63. The Bertz CT molecular complexity index is 1150. The van der Waals surface area contributed by atoms with Crippen molar-refractivity contribution in [1.82, 2.24) is 4.90 Å². The minimum atomic E-state index is -0.567. The Balaban J connectivity index is 1.98. The highest BCUT2D eigenvalue weighted by atomic mass is 35.5. The summed E-state index contributed by atoms with van der Waals surface area (Å²) in [4.78, 5) is 39.5. The van der Waals surface area contributed by atoms with E-state index in [0.29, 0.717) is 27.8 Å². The average molecular weight is 505 g/mol. The summed E-state index contributed by atoms with van der Waals surface area (Å²) in [7, 11) is 3.95. The van der Waals surface area contributed by atoms with Crippen molar-refractivity contribution >= 4 is 58.5 Å². The molecule has 2 aromatic rings. The minimum Gasteiger partial charge on any atom is -0.493 e. The van der Waals surface area contributed by atoms with E-state index in [9.17, 15) is 14.4 Å². The SMILES string of the molecule is COC(=O)COc1ccc(/C=C2/C(=O)N(c3ccc(Cl)cc3)C(=S)N2CC(=O)OC)cc1OC. The third-order valence-electron chi connectivity index (χ3n) is 4.80. The van der Waals surface area contributed by atoms with Gasteiger partial charge >= 0.3 is 11.9 Å². The summed E-state index contributed by atoms with van der Waals surface area (Å²) in [5, 5.41) is 0.624. The van der Waals surface area contributed by atoms with Gasteiger partial charge in [0, 0.05) is 5.02 Å². The second-order valence-corrected chi connectivity index (χ2v) is 7.67. The zero-order chi connectivity index (χ0) is 24.8. The summed E-state index contributed by atoms with van der Waals surface area (Å²) >= 11 is 11.5. The lowest BCUT2D eigenvalue weighted by Crippen LogP contribution is -2.35. The number of hydrogen-bond acceptors (Lipinski definition) is 8. The summed E-state index contributed by atoms with van der Waals surface area (Å²) in [6.45, 7) is -0.544. The number of amides is 1. The topological polar surface area (TPSA) is 94.6 Å². The summed E-state index contributed by atoms with van der Waals surface area (Å²) in [5.41, 5.74) is 1.23. The molecule has 1 heterocycles. The summed E-state index contributed by atoms with van der Waals surface area (Å²) in [5.74, 6) is -0.888. The molecule has 2 aromatic carbocycles. The molecule has 0 radical (unpaired) electrons. The highest BCUT2D eigenvalue weighted by Crippen LogP contribution is 2.32. The van der Waals surface area contributed by atoms with Crippen LogP contribution in [0.15, 0.2) is 48.2 Å². The molecule has 0 unspecified atom stereocenters. The molecule has 0 aliphatic carbocycles. The van der Waals surface area contributed by atoms with Crippen LogP contribution in [0.3, 0.4) is 0 Å². The fourth-order valence-corrected chi connectivity index (χ4v) is 3.57. The first-order chi connectivity index (χ1) is 16.3. The average Bonchev–Trinajstić information content (AvgIpc) is 3.07. The maximum absolute atomic E-state index is 13.4. The molecular formula is C23H21ClN2O7S. The van der Waals surface area contributed by atoms with E-state index >= 15 is 0 Å². The van der Waals surface area contributed by atoms with Crippen molar-refractivity contribution in [1.29, 1.82) is 0 Å². The molecule has 0 saturated carbocycles. The van der Waals surface area contributed by atoms with E-state index in [-0.39, 0.29) is 24.0 Å². The van der Waals surface area contributed by atoms with Crippen molar-refractivity contribution in [3.05, 3.63) is 58.7 Å². The van der Waals surface area contributed by atoms with Gasteiger partial charge in [-0.3, -0.25) is 14.5 Å². The highest BCUT2D eigenvalue weighted by molar-refractivity contribution is 7.80. The molecule has 0 atom stereocenters. The number of halogens is 1. The van der Waals surface area contributed by atoms with Gasteiger partial charge < -0.3 is 23.8 Å². The largest absolute Gasteiger partial charge is 0.493 e. The van der Waals surface area contributed by atoms with E-state index in [0.717, 1.165) is 0 Å². The van der Waals surface area contributed by atoms with E-state index in [1.807, 2.05) is 0 Å². The molecule has 34 heavy (non-hydrogen) atoms. The number of methoxy groups -OCH3 is 3. The first-order valence-corrected chi connectivity index (χ1v) is 10.6. The van der Waals surface area contributed by atoms with Crippen molar-refractivity contribution in [2.75, 3.05) is 39.4 Å². The predicted octanol–water partition coefficient (Wildman–Crippen LogP) is 3.05. The normalized spacial score (nSPS) is 14.4. The monoisotopic (exact) mass is 504 g/mol. The Morgan fingerprint density at radius 1 is 1.00 bits per heavy atom. The molecule has 11 heteroatoms. The zero-order valence-electron chi connectivity index (χ0n) is 18.6. The van der Waals surface area contributed by atoms with E-state index in [4.69, 9.17) is 38.0 Å². The lowest BCUT2D eigenvalue weighted by molar-refractivity contribution is -0.143. The van der Waals surface area contributed by atoms with Crippen molar-refractivity contribution < 1.29 is 33.3 Å². The Morgan fingerprint density at radius 3 is 2.29 bits per heavy atom. The van der Waals surface area contributed by atoms with E-state index < -0.39 is 17.8 Å². The Kier molecular flexibility index (Phi) is 8.08. The van der Waals surface area contributed by atoms with Crippen LogP contribution in [0.25, 0.3) is 6.08 Å². The van der Waals surface area contributed by atoms with Crippen LogP contribution in [-0.2, 0) is 23.9 Å². The minimum absolute atomic E-state index is 0.119. The van der Waals surface area contributed by atoms with Gasteiger partial charge in [0.15, 0.2) is 23.2 Å². The zero-order valence-corrected chi connectivity index (χ0v) is 20.1. The van der Waals surface area contributed by atoms with Gasteiger partial charge in [0.1, 0.15) is 12.2 Å². The summed E-state index contributed by atoms with van der Waals surface area (Å²) < 4.78 is 20.1. The lowest BCUT2D eigenvalue weighted by Gasteiger charge is -2.19. The molecule has 1 fully saturated rings. The van der Waals surface area contributed by atoms with Crippen LogP contribution in [0.5, 0.6) is 11.5 Å². The molecule has 0 aromatic heterocycles. The molecule has 0 N–H and O–H groups in total. The van der Waals surface area contributed by atoms with Gasteiger partial charge in [-0.25, -0.2) is 4.79 Å². The van der Waals surface area contributed by atoms with E-state index in [2.05, 4.69) is 4.74 Å². The molecule has 0 spiro atoms. The van der Waals surface area contributed by atoms with Gasteiger partial charge in [-0.05, 0) is 60.3 Å². The molecule has 9 nitrogen and oxygen atoms in total. The molecule has 3 rings (SSSR count). The quantitative estimate of drug-likeness (QED) is 0.305. The fraction of sp³-hybridized carbons (Fsp3) is 0.217. The second kappa shape index (κ2) is 11.0. The molecule has 1 saturated heterocycles. The van der Waals surface area contributed by atoms with Crippen LogP contribution in [0.1, 0.15) is 5.56 Å². The fourth-order valence-electron chi connectivity index (χ4n) is 3.09. The second-order valence-electron chi connectivity index (χ2n) is 6.87. The number of rotatable bonds is 8. The number of hydrogen-bond donors (Lipinski definition) is 0. The van der Waals surface area contributed by atoms with E-state index in [1.165, 1.54) is 31.1 Å². The molecule has 178 valence electrons. The maximum Gasteiger partial charge on any atom is 0.343 e. The van der Waals surface area contributed by atoms with Gasteiger partial charge in [0.05, 0.1) is 27.0 Å². The third kappa shape index (κ3) is 5.46. The van der Waals surface area contributed by atoms with E-state index in [1.54, 1.807) is 48.5 Å². The van der Waals surface area contributed by atoms with Crippen LogP contribution >= 0.6 is 23.8 Å². The Labute approximate surface area is 206 Å². The first kappa shape index (κ1) is 25.0. The van der Waals surface area contributed by atoms with Crippen LogP contribution < -0.4 is 14.4 Å². The summed E-state index contributed by atoms with van der Waals surface area (Å²) in [6, 6.07) is 11.5. The van der Waals surface area contributed by atoms with Gasteiger partial charge in [-0.15, -0.1) is 0 Å². The molecule has 1 aliphatic rings. The van der Waals surface area contributed by atoms with Crippen LogP contribution in [0, 0.1) is 0 Å². The standard InChI is InChI=1S/C23H21ClN2O7S/c1-30-19-11-14(4-9-18(19)33-13-21(28)32-3)10-17-22(29)26(16-7-5-15(24)6-8-16)23(34)25(17)12-20(27)31-2/h4-11H,12-13H2,1-3H3/b17-10-. The van der Waals surface area contributed by atoms with Crippen molar-refractivity contribution in [2.24, 2.45) is 0 Å². The van der Waals surface area contributed by atoms with Gasteiger partial charge in [-0.1, -0.05) is 17.7 Å². The number of ether oxygens (including phenoxy) is 4. The molecule has 1 amide bonds. The lowest BCUT2D eigenvalue weighted by atomic mass is 10.1. The number of nitrogens with zero attached hydrogens (tertiary/aromatic N) is 2. The third-order valence-corrected chi connectivity index (χ3v) is 5.45. The van der Waals surface area contributed by atoms with Crippen molar-refractivity contribution in [2.45, 2.75) is 0 Å². The van der Waals surface area contributed by atoms with Gasteiger partial charge in [-0.2, -0.15) is 0 Å². The number of anilines is 1. The molecule has 1 aliphatic heterocycles. The molecular weight excluding hydrogens is 484 g/mol. The van der Waals surface area contributed by atoms with Gasteiger partial charge in [0.2, 0.25) is 0 Å².